The number of aromatic nitrogens is 2. The Morgan fingerprint density at radius 1 is 1.16 bits per heavy atom. The highest BCUT2D eigenvalue weighted by molar-refractivity contribution is 5.80. The zero-order valence-corrected chi connectivity index (χ0v) is 21.3. The molecule has 1 saturated heterocycles. The zero-order valence-electron chi connectivity index (χ0n) is 21.3. The van der Waals surface area contributed by atoms with Crippen molar-refractivity contribution in [2.45, 2.75) is 45.2 Å². The number of carbonyl (C=O) groups is 2. The lowest BCUT2D eigenvalue weighted by Gasteiger charge is -2.35. The van der Waals surface area contributed by atoms with E-state index in [9.17, 15) is 18.4 Å². The number of halogens is 2. The minimum absolute atomic E-state index is 0.0119. The van der Waals surface area contributed by atoms with Gasteiger partial charge in [0.05, 0.1) is 6.20 Å². The number of nitrogens with one attached hydrogen (secondary N) is 1. The first-order chi connectivity index (χ1) is 18.3. The molecule has 0 aliphatic carbocycles. The number of amides is 2. The molecule has 1 aromatic heterocycles. The Hall–Kier alpha value is -3.95. The lowest BCUT2D eigenvalue weighted by molar-refractivity contribution is -0.129. The molecule has 2 aromatic carbocycles. The summed E-state index contributed by atoms with van der Waals surface area (Å²) in [5.41, 5.74) is 6.93. The van der Waals surface area contributed by atoms with Gasteiger partial charge in [0, 0.05) is 80.3 Å². The molecule has 4 heterocycles. The van der Waals surface area contributed by atoms with Crippen LogP contribution in [0.4, 0.5) is 25.0 Å². The first-order valence-electron chi connectivity index (χ1n) is 12.8. The van der Waals surface area contributed by atoms with E-state index >= 15 is 0 Å². The summed E-state index contributed by atoms with van der Waals surface area (Å²) in [4.78, 5) is 27.8. The molecule has 3 aliphatic heterocycles. The van der Waals surface area contributed by atoms with Crippen LogP contribution < -0.4 is 10.2 Å². The highest BCUT2D eigenvalue weighted by atomic mass is 19.3. The largest absolute Gasteiger partial charge is 0.449 e. The molecule has 1 N–H and O–H groups in total. The second-order valence-electron chi connectivity index (χ2n) is 10.3. The number of anilines is 2. The number of carbonyl (C=O) groups excluding carboxylic acids is 2. The zero-order chi connectivity index (χ0) is 26.6. The van der Waals surface area contributed by atoms with Gasteiger partial charge in [0.2, 0.25) is 5.91 Å². The first-order valence-corrected chi connectivity index (χ1v) is 12.8. The molecular formula is C28H29F2N5O3. The van der Waals surface area contributed by atoms with E-state index in [1.54, 1.807) is 42.0 Å². The maximum Gasteiger partial charge on any atom is 0.407 e. The highest BCUT2D eigenvalue weighted by Gasteiger charge is 2.32. The molecule has 38 heavy (non-hydrogen) atoms. The first kappa shape index (κ1) is 24.4. The molecule has 0 saturated carbocycles. The predicted octanol–water partition coefficient (Wildman–Crippen LogP) is 4.79. The molecule has 10 heteroatoms. The highest BCUT2D eigenvalue weighted by Crippen LogP contribution is 2.44. The van der Waals surface area contributed by atoms with Crippen molar-refractivity contribution in [2.75, 3.05) is 24.6 Å². The number of benzene rings is 2. The van der Waals surface area contributed by atoms with Gasteiger partial charge in [0.15, 0.2) is 0 Å². The average Bonchev–Trinajstić information content (AvgIpc) is 3.54. The minimum atomic E-state index is -2.65. The molecule has 0 radical (unpaired) electrons. The van der Waals surface area contributed by atoms with Gasteiger partial charge in [0.1, 0.15) is 6.61 Å². The number of alkyl carbamates (subject to hydrolysis) is 1. The summed E-state index contributed by atoms with van der Waals surface area (Å²) < 4.78 is 35.6. The topological polar surface area (TPSA) is 79.7 Å². The van der Waals surface area contributed by atoms with Crippen molar-refractivity contribution >= 4 is 23.4 Å². The molecule has 1 fully saturated rings. The van der Waals surface area contributed by atoms with Gasteiger partial charge in [-0.15, -0.1) is 0 Å². The van der Waals surface area contributed by atoms with Gasteiger partial charge < -0.3 is 19.9 Å². The lowest BCUT2D eigenvalue weighted by Crippen LogP contribution is -2.37. The van der Waals surface area contributed by atoms with E-state index < -0.39 is 12.5 Å². The van der Waals surface area contributed by atoms with Crippen molar-refractivity contribution in [2.24, 2.45) is 7.05 Å². The van der Waals surface area contributed by atoms with Gasteiger partial charge in [-0.2, -0.15) is 5.10 Å². The molecule has 1 atom stereocenters. The molecular weight excluding hydrogens is 492 g/mol. The van der Waals surface area contributed by atoms with Crippen LogP contribution in [0.15, 0.2) is 36.7 Å². The molecule has 6 rings (SSSR count). The molecule has 1 unspecified atom stereocenters. The average molecular weight is 522 g/mol. The van der Waals surface area contributed by atoms with Crippen molar-refractivity contribution in [3.8, 4) is 11.1 Å². The number of nitrogens with zero attached hydrogens (tertiary/aromatic N) is 4. The number of ether oxygens (including phenoxy) is 1. The third-order valence-electron chi connectivity index (χ3n) is 7.79. The molecule has 0 spiro atoms. The van der Waals surface area contributed by atoms with E-state index in [-0.39, 0.29) is 24.0 Å². The van der Waals surface area contributed by atoms with Crippen molar-refractivity contribution < 1.29 is 23.1 Å². The number of alkyl halides is 2. The third-order valence-corrected chi connectivity index (χ3v) is 7.79. The van der Waals surface area contributed by atoms with Crippen LogP contribution in [0, 0.1) is 0 Å². The van der Waals surface area contributed by atoms with Crippen LogP contribution in [-0.4, -0.2) is 46.4 Å². The number of aryl methyl sites for hydroxylation is 2. The maximum atomic E-state index is 14.4. The predicted molar refractivity (Wildman–Crippen MR) is 137 cm³/mol. The van der Waals surface area contributed by atoms with Crippen LogP contribution in [0.1, 0.15) is 53.5 Å². The van der Waals surface area contributed by atoms with Crippen LogP contribution in [0.2, 0.25) is 0 Å². The Kier molecular flexibility index (Phi) is 6.04. The molecule has 3 aromatic rings. The van der Waals surface area contributed by atoms with Crippen molar-refractivity contribution in [3.63, 3.8) is 0 Å². The monoisotopic (exact) mass is 521 g/mol. The number of rotatable bonds is 4. The van der Waals surface area contributed by atoms with Crippen LogP contribution in [0.3, 0.4) is 0 Å². The molecule has 3 aliphatic rings. The van der Waals surface area contributed by atoms with Gasteiger partial charge in [-0.1, -0.05) is 6.07 Å². The van der Waals surface area contributed by atoms with Crippen molar-refractivity contribution in [1.82, 2.24) is 20.0 Å². The van der Waals surface area contributed by atoms with Crippen LogP contribution in [-0.2, 0) is 36.1 Å². The fraction of sp³-hybridized carbons (Fsp3) is 0.393. The van der Waals surface area contributed by atoms with E-state index in [0.717, 1.165) is 46.5 Å². The summed E-state index contributed by atoms with van der Waals surface area (Å²) in [6.07, 6.45) is 1.95. The summed E-state index contributed by atoms with van der Waals surface area (Å²) in [5.74, 6) is -0.0564. The van der Waals surface area contributed by atoms with Gasteiger partial charge in [-0.3, -0.25) is 9.48 Å². The maximum absolute atomic E-state index is 14.4. The van der Waals surface area contributed by atoms with Gasteiger partial charge >= 0.3 is 6.09 Å². The third kappa shape index (κ3) is 4.27. The Morgan fingerprint density at radius 2 is 2.00 bits per heavy atom. The Bertz CT molecular complexity index is 1430. The Morgan fingerprint density at radius 3 is 2.68 bits per heavy atom. The van der Waals surface area contributed by atoms with Crippen LogP contribution in [0.25, 0.3) is 11.1 Å². The fourth-order valence-corrected chi connectivity index (χ4v) is 5.81. The SMILES string of the molecule is CC(=O)N1Cc2cc(C3CNC(=O)OC3)cc(N3CCCc4cc(-c5cnn(C)c5)c(C(F)F)cc43)c2C1. The Labute approximate surface area is 219 Å². The molecule has 8 nitrogen and oxygen atoms in total. The normalized spacial score (nSPS) is 18.8. The van der Waals surface area contributed by atoms with E-state index in [2.05, 4.69) is 27.4 Å². The standard InChI is InChI=1S/C28H29F2N5O3/c1-16(36)34-13-19-6-18(21-10-31-28(37)38-15-21)8-26(24(19)14-34)35-5-3-4-17-7-22(20-11-32-33(2)12-20)23(27(29)30)9-25(17)35/h6-9,11-12,21,27H,3-5,10,13-15H2,1-2H3,(H,31,37). The summed E-state index contributed by atoms with van der Waals surface area (Å²) in [7, 11) is 1.77. The molecule has 2 amide bonds. The fourth-order valence-electron chi connectivity index (χ4n) is 5.81. The summed E-state index contributed by atoms with van der Waals surface area (Å²) >= 11 is 0. The number of cyclic esters (lactones) is 1. The smallest absolute Gasteiger partial charge is 0.407 e. The number of fused-ring (bicyclic) bond motifs is 2. The Balaban J connectivity index is 1.47. The van der Waals surface area contributed by atoms with Crippen LogP contribution >= 0.6 is 0 Å². The van der Waals surface area contributed by atoms with E-state index in [0.29, 0.717) is 37.3 Å². The number of hydrogen-bond donors (Lipinski definition) is 1. The van der Waals surface area contributed by atoms with Crippen molar-refractivity contribution in [3.05, 3.63) is 64.5 Å². The van der Waals surface area contributed by atoms with E-state index in [4.69, 9.17) is 4.74 Å². The van der Waals surface area contributed by atoms with E-state index in [1.165, 1.54) is 0 Å². The summed E-state index contributed by atoms with van der Waals surface area (Å²) in [6, 6.07) is 7.69. The second kappa shape index (κ2) is 9.41. The van der Waals surface area contributed by atoms with E-state index in [1.807, 2.05) is 6.07 Å². The minimum Gasteiger partial charge on any atom is -0.449 e. The summed E-state index contributed by atoms with van der Waals surface area (Å²) in [5, 5.41) is 6.93. The molecule has 0 bridgehead atoms. The van der Waals surface area contributed by atoms with Gasteiger partial charge in [-0.25, -0.2) is 13.6 Å². The van der Waals surface area contributed by atoms with Crippen molar-refractivity contribution in [1.29, 1.82) is 0 Å². The summed E-state index contributed by atoms with van der Waals surface area (Å²) in [6.45, 7) is 3.92. The second-order valence-corrected chi connectivity index (χ2v) is 10.3. The molecule has 198 valence electrons. The van der Waals surface area contributed by atoms with Crippen LogP contribution in [0.5, 0.6) is 0 Å². The lowest BCUT2D eigenvalue weighted by atomic mass is 9.90. The van der Waals surface area contributed by atoms with Gasteiger partial charge in [-0.05, 0) is 53.3 Å². The number of hydrogen-bond acceptors (Lipinski definition) is 5. The quantitative estimate of drug-likeness (QED) is 0.534. The van der Waals surface area contributed by atoms with Gasteiger partial charge in [0.25, 0.3) is 6.43 Å².